The summed E-state index contributed by atoms with van der Waals surface area (Å²) in [5.41, 5.74) is 2.08. The molecule has 0 aliphatic carbocycles. The first-order valence-electron chi connectivity index (χ1n) is 8.21. The zero-order valence-electron chi connectivity index (χ0n) is 14.1. The van der Waals surface area contributed by atoms with E-state index in [2.05, 4.69) is 6.58 Å². The SMILES string of the molecule is C=C[C@@H](OCc1ccccc1)[C@@H](OCc1ccccc1)C(=O)CC. The van der Waals surface area contributed by atoms with Crippen molar-refractivity contribution in [2.45, 2.75) is 38.8 Å². The Kier molecular flexibility index (Phi) is 7.40. The molecule has 0 N–H and O–H groups in total. The average Bonchev–Trinajstić information content (AvgIpc) is 2.65. The van der Waals surface area contributed by atoms with Crippen LogP contribution in [0.1, 0.15) is 24.5 Å². The fraction of sp³-hybridized carbons (Fsp3) is 0.286. The highest BCUT2D eigenvalue weighted by molar-refractivity contribution is 5.83. The number of rotatable bonds is 10. The van der Waals surface area contributed by atoms with Crippen LogP contribution in [0.3, 0.4) is 0 Å². The lowest BCUT2D eigenvalue weighted by atomic mass is 10.1. The Morgan fingerprint density at radius 1 is 0.958 bits per heavy atom. The highest BCUT2D eigenvalue weighted by atomic mass is 16.5. The number of carbonyl (C=O) groups excluding carboxylic acids is 1. The summed E-state index contributed by atoms with van der Waals surface area (Å²) < 4.78 is 11.8. The van der Waals surface area contributed by atoms with Crippen LogP contribution < -0.4 is 0 Å². The summed E-state index contributed by atoms with van der Waals surface area (Å²) in [5, 5.41) is 0. The third-order valence-electron chi connectivity index (χ3n) is 3.75. The first-order chi connectivity index (χ1) is 11.7. The van der Waals surface area contributed by atoms with E-state index in [1.165, 1.54) is 0 Å². The van der Waals surface area contributed by atoms with E-state index < -0.39 is 12.2 Å². The van der Waals surface area contributed by atoms with Crippen molar-refractivity contribution in [3.8, 4) is 0 Å². The summed E-state index contributed by atoms with van der Waals surface area (Å²) >= 11 is 0. The van der Waals surface area contributed by atoms with Crippen molar-refractivity contribution >= 4 is 5.78 Å². The lowest BCUT2D eigenvalue weighted by molar-refractivity contribution is -0.141. The summed E-state index contributed by atoms with van der Waals surface area (Å²) in [4.78, 5) is 12.3. The molecule has 0 bridgehead atoms. The summed E-state index contributed by atoms with van der Waals surface area (Å²) in [6, 6.07) is 19.7. The molecule has 24 heavy (non-hydrogen) atoms. The molecule has 0 aliphatic rings. The van der Waals surface area contributed by atoms with E-state index in [-0.39, 0.29) is 5.78 Å². The Hall–Kier alpha value is -2.23. The summed E-state index contributed by atoms with van der Waals surface area (Å²) in [5.74, 6) is 0.0175. The van der Waals surface area contributed by atoms with Crippen LogP contribution in [0.4, 0.5) is 0 Å². The molecule has 0 fully saturated rings. The van der Waals surface area contributed by atoms with Crippen molar-refractivity contribution in [1.29, 1.82) is 0 Å². The lowest BCUT2D eigenvalue weighted by Crippen LogP contribution is -2.36. The Morgan fingerprint density at radius 3 is 1.92 bits per heavy atom. The second-order valence-electron chi connectivity index (χ2n) is 5.53. The van der Waals surface area contributed by atoms with Crippen molar-refractivity contribution in [3.63, 3.8) is 0 Å². The van der Waals surface area contributed by atoms with Gasteiger partial charge in [0.05, 0.1) is 13.2 Å². The number of benzene rings is 2. The smallest absolute Gasteiger partial charge is 0.164 e. The van der Waals surface area contributed by atoms with Crippen LogP contribution in [0, 0.1) is 0 Å². The van der Waals surface area contributed by atoms with Gasteiger partial charge in [-0.05, 0) is 11.1 Å². The molecule has 0 saturated carbocycles. The number of carbonyl (C=O) groups is 1. The molecule has 2 aromatic rings. The Labute approximate surface area is 143 Å². The molecule has 0 aliphatic heterocycles. The van der Waals surface area contributed by atoms with E-state index >= 15 is 0 Å². The van der Waals surface area contributed by atoms with E-state index in [4.69, 9.17) is 9.47 Å². The molecule has 0 amide bonds. The fourth-order valence-electron chi connectivity index (χ4n) is 2.38. The fourth-order valence-corrected chi connectivity index (χ4v) is 2.38. The first-order valence-corrected chi connectivity index (χ1v) is 8.21. The van der Waals surface area contributed by atoms with Gasteiger partial charge in [0, 0.05) is 6.42 Å². The van der Waals surface area contributed by atoms with E-state index in [0.717, 1.165) is 11.1 Å². The first kappa shape index (κ1) is 18.1. The average molecular weight is 324 g/mol. The third kappa shape index (κ3) is 5.44. The van der Waals surface area contributed by atoms with Gasteiger partial charge in [0.1, 0.15) is 12.2 Å². The zero-order valence-corrected chi connectivity index (χ0v) is 14.1. The van der Waals surface area contributed by atoms with Gasteiger partial charge in [-0.1, -0.05) is 73.7 Å². The van der Waals surface area contributed by atoms with Crippen LogP contribution in [0.5, 0.6) is 0 Å². The van der Waals surface area contributed by atoms with Gasteiger partial charge >= 0.3 is 0 Å². The molecule has 0 unspecified atom stereocenters. The van der Waals surface area contributed by atoms with Gasteiger partial charge < -0.3 is 9.47 Å². The number of ketones is 1. The van der Waals surface area contributed by atoms with Crippen molar-refractivity contribution in [2.24, 2.45) is 0 Å². The molecule has 0 saturated heterocycles. The van der Waals surface area contributed by atoms with Crippen molar-refractivity contribution < 1.29 is 14.3 Å². The van der Waals surface area contributed by atoms with Crippen LogP contribution >= 0.6 is 0 Å². The quantitative estimate of drug-likeness (QED) is 0.611. The number of hydrogen-bond donors (Lipinski definition) is 0. The Morgan fingerprint density at radius 2 is 1.46 bits per heavy atom. The molecule has 2 atom stereocenters. The molecule has 2 rings (SSSR count). The number of Topliss-reactive ketones (excluding diaryl/α,β-unsaturated/α-hetero) is 1. The van der Waals surface area contributed by atoms with E-state index in [9.17, 15) is 4.79 Å². The summed E-state index contributed by atoms with van der Waals surface area (Å²) in [7, 11) is 0. The van der Waals surface area contributed by atoms with Gasteiger partial charge in [-0.25, -0.2) is 0 Å². The third-order valence-corrected chi connectivity index (χ3v) is 3.75. The number of hydrogen-bond acceptors (Lipinski definition) is 3. The van der Waals surface area contributed by atoms with Crippen molar-refractivity contribution in [3.05, 3.63) is 84.4 Å². The summed E-state index contributed by atoms with van der Waals surface area (Å²) in [6.07, 6.45) is 0.933. The maximum atomic E-state index is 12.3. The molecule has 126 valence electrons. The van der Waals surface area contributed by atoms with Gasteiger partial charge in [-0.15, -0.1) is 6.58 Å². The number of ether oxygens (including phenoxy) is 2. The molecule has 0 heterocycles. The van der Waals surface area contributed by atoms with Gasteiger partial charge in [-0.2, -0.15) is 0 Å². The second kappa shape index (κ2) is 9.81. The highest BCUT2D eigenvalue weighted by Gasteiger charge is 2.26. The van der Waals surface area contributed by atoms with E-state index in [0.29, 0.717) is 19.6 Å². The normalized spacial score (nSPS) is 13.2. The minimum Gasteiger partial charge on any atom is -0.366 e. The van der Waals surface area contributed by atoms with E-state index in [1.54, 1.807) is 6.08 Å². The molecule has 3 heteroatoms. The largest absolute Gasteiger partial charge is 0.366 e. The van der Waals surface area contributed by atoms with Crippen molar-refractivity contribution in [2.75, 3.05) is 0 Å². The molecule has 0 radical (unpaired) electrons. The highest BCUT2D eigenvalue weighted by Crippen LogP contribution is 2.14. The predicted molar refractivity (Wildman–Crippen MR) is 95.5 cm³/mol. The Balaban J connectivity index is 2.00. The van der Waals surface area contributed by atoms with Crippen LogP contribution in [0.25, 0.3) is 0 Å². The van der Waals surface area contributed by atoms with Gasteiger partial charge in [0.2, 0.25) is 0 Å². The minimum atomic E-state index is -0.642. The van der Waals surface area contributed by atoms with Crippen LogP contribution in [-0.2, 0) is 27.5 Å². The predicted octanol–water partition coefficient (Wildman–Crippen LogP) is 4.32. The van der Waals surface area contributed by atoms with E-state index in [1.807, 2.05) is 67.6 Å². The maximum absolute atomic E-state index is 12.3. The minimum absolute atomic E-state index is 0.0175. The Bertz CT molecular complexity index is 622. The van der Waals surface area contributed by atoms with Gasteiger partial charge in [0.15, 0.2) is 5.78 Å². The zero-order chi connectivity index (χ0) is 17.2. The topological polar surface area (TPSA) is 35.5 Å². The van der Waals surface area contributed by atoms with Crippen LogP contribution in [0.2, 0.25) is 0 Å². The molecule has 0 spiro atoms. The second-order valence-corrected chi connectivity index (χ2v) is 5.53. The molecular formula is C21H24O3. The molecule has 3 nitrogen and oxygen atoms in total. The lowest BCUT2D eigenvalue weighted by Gasteiger charge is -2.24. The molecule has 0 aromatic heterocycles. The van der Waals surface area contributed by atoms with Crippen LogP contribution in [0.15, 0.2) is 73.3 Å². The maximum Gasteiger partial charge on any atom is 0.164 e. The van der Waals surface area contributed by atoms with Gasteiger partial charge in [-0.3, -0.25) is 4.79 Å². The van der Waals surface area contributed by atoms with Crippen LogP contribution in [-0.4, -0.2) is 18.0 Å². The standard InChI is InChI=1S/C21H24O3/c1-3-19(22)21(24-16-18-13-9-6-10-14-18)20(4-2)23-15-17-11-7-5-8-12-17/h4-14,20-21H,2-3,15-16H2,1H3/t20-,21+/m1/s1. The van der Waals surface area contributed by atoms with Gasteiger partial charge in [0.25, 0.3) is 0 Å². The molecular weight excluding hydrogens is 300 g/mol. The summed E-state index contributed by atoms with van der Waals surface area (Å²) in [6.45, 7) is 6.43. The monoisotopic (exact) mass is 324 g/mol. The molecule has 2 aromatic carbocycles. The van der Waals surface area contributed by atoms with Crippen molar-refractivity contribution in [1.82, 2.24) is 0 Å².